The standard InChI is InChI=1S/C16H31NO/c1-6-10-11-12-13-14-15(18)16(5,7-2)17(8-3)9-4/h6H,1,7-14H2,2-5H3. The molecule has 0 N–H and O–H groups in total. The third-order valence-corrected chi connectivity index (χ3v) is 4.06. The minimum Gasteiger partial charge on any atom is -0.298 e. The number of hydrogen-bond donors (Lipinski definition) is 0. The number of carbonyl (C=O) groups excluding carboxylic acids is 1. The number of rotatable bonds is 11. The number of Topliss-reactive ketones (excluding diaryl/α,β-unsaturated/α-hetero) is 1. The van der Waals surface area contributed by atoms with Crippen LogP contribution in [0.15, 0.2) is 12.7 Å². The molecule has 0 aromatic carbocycles. The van der Waals surface area contributed by atoms with E-state index in [1.165, 1.54) is 0 Å². The average molecular weight is 253 g/mol. The summed E-state index contributed by atoms with van der Waals surface area (Å²) in [4.78, 5) is 14.7. The van der Waals surface area contributed by atoms with Crippen molar-refractivity contribution >= 4 is 5.78 Å². The van der Waals surface area contributed by atoms with Crippen molar-refractivity contribution in [2.75, 3.05) is 13.1 Å². The van der Waals surface area contributed by atoms with Crippen molar-refractivity contribution in [3.05, 3.63) is 12.7 Å². The van der Waals surface area contributed by atoms with Crippen LogP contribution in [0.3, 0.4) is 0 Å². The maximum Gasteiger partial charge on any atom is 0.152 e. The Morgan fingerprint density at radius 2 is 1.78 bits per heavy atom. The van der Waals surface area contributed by atoms with Crippen LogP contribution in [-0.2, 0) is 4.79 Å². The van der Waals surface area contributed by atoms with Gasteiger partial charge in [-0.15, -0.1) is 6.58 Å². The fraction of sp³-hybridized carbons (Fsp3) is 0.812. The summed E-state index contributed by atoms with van der Waals surface area (Å²) in [6.45, 7) is 14.1. The van der Waals surface area contributed by atoms with Crippen molar-refractivity contribution in [2.24, 2.45) is 0 Å². The highest BCUT2D eigenvalue weighted by Gasteiger charge is 2.34. The number of carbonyl (C=O) groups is 1. The minimum absolute atomic E-state index is 0.262. The average Bonchev–Trinajstić information content (AvgIpc) is 2.39. The lowest BCUT2D eigenvalue weighted by molar-refractivity contribution is -0.130. The van der Waals surface area contributed by atoms with Crippen LogP contribution in [0.25, 0.3) is 0 Å². The highest BCUT2D eigenvalue weighted by Crippen LogP contribution is 2.23. The van der Waals surface area contributed by atoms with Gasteiger partial charge in [0.05, 0.1) is 5.54 Å². The summed E-state index contributed by atoms with van der Waals surface area (Å²) in [6.07, 6.45) is 7.95. The first kappa shape index (κ1) is 17.4. The number of ketones is 1. The molecule has 0 saturated heterocycles. The van der Waals surface area contributed by atoms with Crippen LogP contribution in [0.4, 0.5) is 0 Å². The van der Waals surface area contributed by atoms with E-state index in [1.807, 2.05) is 6.08 Å². The summed E-state index contributed by atoms with van der Waals surface area (Å²) >= 11 is 0. The predicted octanol–water partition coefficient (Wildman–Crippen LogP) is 4.20. The third-order valence-electron chi connectivity index (χ3n) is 4.06. The number of unbranched alkanes of at least 4 members (excludes halogenated alkanes) is 3. The van der Waals surface area contributed by atoms with Crippen LogP contribution >= 0.6 is 0 Å². The Morgan fingerprint density at radius 3 is 2.22 bits per heavy atom. The van der Waals surface area contributed by atoms with E-state index < -0.39 is 0 Å². The fourth-order valence-corrected chi connectivity index (χ4v) is 2.54. The lowest BCUT2D eigenvalue weighted by Gasteiger charge is -2.38. The lowest BCUT2D eigenvalue weighted by atomic mass is 9.87. The highest BCUT2D eigenvalue weighted by molar-refractivity contribution is 5.87. The third kappa shape index (κ3) is 4.93. The second-order valence-corrected chi connectivity index (χ2v) is 5.11. The molecular formula is C16H31NO. The zero-order chi connectivity index (χ0) is 14.0. The molecule has 0 radical (unpaired) electrons. The molecule has 0 amide bonds. The molecule has 2 nitrogen and oxygen atoms in total. The van der Waals surface area contributed by atoms with Gasteiger partial charge in [-0.1, -0.05) is 33.3 Å². The number of likely N-dealkylation sites (N-methyl/N-ethyl adjacent to an activating group) is 1. The monoisotopic (exact) mass is 253 g/mol. The van der Waals surface area contributed by atoms with Gasteiger partial charge in [-0.05, 0) is 45.7 Å². The van der Waals surface area contributed by atoms with E-state index in [9.17, 15) is 4.79 Å². The molecular weight excluding hydrogens is 222 g/mol. The molecule has 106 valence electrons. The first-order valence-corrected chi connectivity index (χ1v) is 7.46. The van der Waals surface area contributed by atoms with Crippen molar-refractivity contribution < 1.29 is 4.79 Å². The zero-order valence-electron chi connectivity index (χ0n) is 12.8. The highest BCUT2D eigenvalue weighted by atomic mass is 16.1. The van der Waals surface area contributed by atoms with E-state index in [4.69, 9.17) is 0 Å². The topological polar surface area (TPSA) is 20.3 Å². The Labute approximate surface area is 113 Å². The molecule has 0 aliphatic heterocycles. The van der Waals surface area contributed by atoms with Crippen LogP contribution < -0.4 is 0 Å². The Kier molecular flexibility index (Phi) is 8.99. The molecule has 0 aromatic heterocycles. The Balaban J connectivity index is 4.28. The normalized spacial score (nSPS) is 14.5. The maximum absolute atomic E-state index is 12.4. The van der Waals surface area contributed by atoms with Crippen molar-refractivity contribution in [2.45, 2.75) is 71.8 Å². The van der Waals surface area contributed by atoms with Crippen molar-refractivity contribution in [3.63, 3.8) is 0 Å². The van der Waals surface area contributed by atoms with Gasteiger partial charge in [0.1, 0.15) is 0 Å². The van der Waals surface area contributed by atoms with Gasteiger partial charge in [0.25, 0.3) is 0 Å². The predicted molar refractivity (Wildman–Crippen MR) is 79.9 cm³/mol. The molecule has 0 aromatic rings. The minimum atomic E-state index is -0.262. The Hall–Kier alpha value is -0.630. The summed E-state index contributed by atoms with van der Waals surface area (Å²) in [5.74, 6) is 0.410. The number of hydrogen-bond acceptors (Lipinski definition) is 2. The van der Waals surface area contributed by atoms with Crippen molar-refractivity contribution in [3.8, 4) is 0 Å². The molecule has 1 atom stereocenters. The lowest BCUT2D eigenvalue weighted by Crippen LogP contribution is -2.51. The van der Waals surface area contributed by atoms with E-state index in [0.717, 1.165) is 51.6 Å². The van der Waals surface area contributed by atoms with Crippen molar-refractivity contribution in [1.82, 2.24) is 4.90 Å². The SMILES string of the molecule is C=CCCCCCC(=O)C(C)(CC)N(CC)CC. The van der Waals surface area contributed by atoms with Crippen LogP contribution in [0.1, 0.15) is 66.2 Å². The summed E-state index contributed by atoms with van der Waals surface area (Å²) in [5.41, 5.74) is -0.262. The second kappa shape index (κ2) is 9.32. The Morgan fingerprint density at radius 1 is 1.17 bits per heavy atom. The largest absolute Gasteiger partial charge is 0.298 e. The summed E-state index contributed by atoms with van der Waals surface area (Å²) in [7, 11) is 0. The molecule has 0 bridgehead atoms. The molecule has 0 spiro atoms. The van der Waals surface area contributed by atoms with E-state index in [2.05, 4.69) is 39.2 Å². The van der Waals surface area contributed by atoms with Gasteiger partial charge < -0.3 is 0 Å². The van der Waals surface area contributed by atoms with E-state index >= 15 is 0 Å². The number of allylic oxidation sites excluding steroid dienone is 1. The quantitative estimate of drug-likeness (QED) is 0.406. The molecule has 2 heteroatoms. The van der Waals surface area contributed by atoms with Gasteiger partial charge >= 0.3 is 0 Å². The summed E-state index contributed by atoms with van der Waals surface area (Å²) in [6, 6.07) is 0. The molecule has 0 saturated carbocycles. The maximum atomic E-state index is 12.4. The van der Waals surface area contributed by atoms with Crippen LogP contribution in [0.5, 0.6) is 0 Å². The van der Waals surface area contributed by atoms with Gasteiger partial charge in [-0.3, -0.25) is 9.69 Å². The molecule has 0 fully saturated rings. The van der Waals surface area contributed by atoms with Gasteiger partial charge in [-0.2, -0.15) is 0 Å². The van der Waals surface area contributed by atoms with Gasteiger partial charge in [0.15, 0.2) is 5.78 Å². The number of nitrogens with zero attached hydrogens (tertiary/aromatic N) is 1. The molecule has 0 aliphatic rings. The molecule has 0 heterocycles. The van der Waals surface area contributed by atoms with Crippen molar-refractivity contribution in [1.29, 1.82) is 0 Å². The van der Waals surface area contributed by atoms with Gasteiger partial charge in [-0.25, -0.2) is 0 Å². The van der Waals surface area contributed by atoms with Crippen LogP contribution in [0.2, 0.25) is 0 Å². The first-order chi connectivity index (χ1) is 8.56. The molecule has 1 unspecified atom stereocenters. The Bertz CT molecular complexity index is 245. The van der Waals surface area contributed by atoms with Crippen LogP contribution in [0, 0.1) is 0 Å². The van der Waals surface area contributed by atoms with Gasteiger partial charge in [0, 0.05) is 6.42 Å². The van der Waals surface area contributed by atoms with E-state index in [1.54, 1.807) is 0 Å². The smallest absolute Gasteiger partial charge is 0.152 e. The molecule has 18 heavy (non-hydrogen) atoms. The van der Waals surface area contributed by atoms with E-state index in [-0.39, 0.29) is 5.54 Å². The van der Waals surface area contributed by atoms with E-state index in [0.29, 0.717) is 5.78 Å². The summed E-state index contributed by atoms with van der Waals surface area (Å²) in [5, 5.41) is 0. The summed E-state index contributed by atoms with van der Waals surface area (Å²) < 4.78 is 0. The van der Waals surface area contributed by atoms with Gasteiger partial charge in [0.2, 0.25) is 0 Å². The molecule has 0 rings (SSSR count). The molecule has 0 aliphatic carbocycles. The van der Waals surface area contributed by atoms with Crippen LogP contribution in [-0.4, -0.2) is 29.3 Å². The zero-order valence-corrected chi connectivity index (χ0v) is 12.8. The fourth-order valence-electron chi connectivity index (χ4n) is 2.54. The first-order valence-electron chi connectivity index (χ1n) is 7.46. The second-order valence-electron chi connectivity index (χ2n) is 5.11.